The highest BCUT2D eigenvalue weighted by molar-refractivity contribution is 5.67. The number of carbonyl (C=O) groups excluding carboxylic acids is 1. The van der Waals surface area contributed by atoms with Crippen molar-refractivity contribution < 1.29 is 14.3 Å². The van der Waals surface area contributed by atoms with Crippen LogP contribution in [0.5, 0.6) is 0 Å². The molecule has 2 rings (SSSR count). The van der Waals surface area contributed by atoms with Crippen molar-refractivity contribution in [2.45, 2.75) is 51.0 Å². The first-order chi connectivity index (χ1) is 11.2. The second kappa shape index (κ2) is 9.02. The maximum Gasteiger partial charge on any atom is 0.407 e. The number of azide groups is 1. The third-order valence-corrected chi connectivity index (χ3v) is 3.87. The molecule has 0 bridgehead atoms. The van der Waals surface area contributed by atoms with Gasteiger partial charge in [0.25, 0.3) is 0 Å². The lowest BCUT2D eigenvalue weighted by molar-refractivity contribution is 0.00449. The largest absolute Gasteiger partial charge is 0.450 e. The summed E-state index contributed by atoms with van der Waals surface area (Å²) >= 11 is 0. The molecule has 1 aliphatic rings. The van der Waals surface area contributed by atoms with Crippen molar-refractivity contribution >= 4 is 6.09 Å². The minimum Gasteiger partial charge on any atom is -0.450 e. The molecule has 1 aromatic rings. The number of rotatable bonds is 6. The molecule has 0 aliphatic heterocycles. The zero-order valence-corrected chi connectivity index (χ0v) is 13.2. The van der Waals surface area contributed by atoms with E-state index in [-0.39, 0.29) is 18.2 Å². The SMILES string of the molecule is CCOC(=O)N[C@@H]1C[C@@H](OCc2ccccc2)CC[C@H]1N=[N+]=[N-]. The predicted octanol–water partition coefficient (Wildman–Crippen LogP) is 3.55. The fourth-order valence-electron chi connectivity index (χ4n) is 2.74. The molecule has 0 spiro atoms. The van der Waals surface area contributed by atoms with Crippen LogP contribution < -0.4 is 5.32 Å². The molecule has 0 aromatic heterocycles. The maximum absolute atomic E-state index is 11.6. The number of benzene rings is 1. The third-order valence-electron chi connectivity index (χ3n) is 3.87. The molecule has 1 fully saturated rings. The summed E-state index contributed by atoms with van der Waals surface area (Å²) in [5.74, 6) is 0. The van der Waals surface area contributed by atoms with Crippen LogP contribution in [0.2, 0.25) is 0 Å². The van der Waals surface area contributed by atoms with Crippen molar-refractivity contribution in [2.75, 3.05) is 6.61 Å². The van der Waals surface area contributed by atoms with Gasteiger partial charge < -0.3 is 14.8 Å². The first kappa shape index (κ1) is 17.1. The number of hydrogen-bond donors (Lipinski definition) is 1. The molecule has 23 heavy (non-hydrogen) atoms. The zero-order chi connectivity index (χ0) is 16.5. The summed E-state index contributed by atoms with van der Waals surface area (Å²) in [5.41, 5.74) is 9.79. The summed E-state index contributed by atoms with van der Waals surface area (Å²) in [5, 5.41) is 6.56. The van der Waals surface area contributed by atoms with Crippen LogP contribution in [0.25, 0.3) is 10.4 Å². The van der Waals surface area contributed by atoms with Crippen molar-refractivity contribution in [3.05, 3.63) is 46.3 Å². The topological polar surface area (TPSA) is 96.3 Å². The number of amides is 1. The molecule has 0 radical (unpaired) electrons. The van der Waals surface area contributed by atoms with Gasteiger partial charge in [-0.25, -0.2) is 4.79 Å². The minimum absolute atomic E-state index is 0.0206. The van der Waals surface area contributed by atoms with Gasteiger partial charge in [0, 0.05) is 11.0 Å². The summed E-state index contributed by atoms with van der Waals surface area (Å²) in [4.78, 5) is 14.5. The molecular formula is C16H22N4O3. The van der Waals surface area contributed by atoms with E-state index in [0.29, 0.717) is 26.1 Å². The summed E-state index contributed by atoms with van der Waals surface area (Å²) in [6, 6.07) is 9.42. The van der Waals surface area contributed by atoms with Crippen LogP contribution in [0, 0.1) is 0 Å². The van der Waals surface area contributed by atoms with E-state index in [4.69, 9.17) is 15.0 Å². The first-order valence-electron chi connectivity index (χ1n) is 7.86. The van der Waals surface area contributed by atoms with Crippen LogP contribution in [-0.2, 0) is 16.1 Å². The first-order valence-corrected chi connectivity index (χ1v) is 7.86. The van der Waals surface area contributed by atoms with E-state index in [0.717, 1.165) is 12.0 Å². The van der Waals surface area contributed by atoms with E-state index in [1.807, 2.05) is 30.3 Å². The van der Waals surface area contributed by atoms with Gasteiger partial charge in [-0.3, -0.25) is 0 Å². The minimum atomic E-state index is -0.487. The normalized spacial score (nSPS) is 23.6. The van der Waals surface area contributed by atoms with Crippen molar-refractivity contribution in [2.24, 2.45) is 5.11 Å². The molecule has 7 nitrogen and oxygen atoms in total. The lowest BCUT2D eigenvalue weighted by atomic mass is 9.88. The Kier molecular flexibility index (Phi) is 6.72. The Balaban J connectivity index is 1.91. The molecule has 0 unspecified atom stereocenters. The van der Waals surface area contributed by atoms with E-state index in [1.165, 1.54) is 0 Å². The monoisotopic (exact) mass is 318 g/mol. The van der Waals surface area contributed by atoms with Crippen molar-refractivity contribution in [3.63, 3.8) is 0 Å². The van der Waals surface area contributed by atoms with Gasteiger partial charge in [0.2, 0.25) is 0 Å². The summed E-state index contributed by atoms with van der Waals surface area (Å²) in [7, 11) is 0. The molecule has 124 valence electrons. The number of carbonyl (C=O) groups is 1. The number of nitrogens with one attached hydrogen (secondary N) is 1. The molecule has 0 saturated heterocycles. The van der Waals surface area contributed by atoms with Gasteiger partial charge in [-0.05, 0) is 37.3 Å². The van der Waals surface area contributed by atoms with E-state index in [1.54, 1.807) is 6.92 Å². The molecule has 0 heterocycles. The number of alkyl carbamates (subject to hydrolysis) is 1. The van der Waals surface area contributed by atoms with Gasteiger partial charge in [0.15, 0.2) is 0 Å². The van der Waals surface area contributed by atoms with Crippen molar-refractivity contribution in [1.29, 1.82) is 0 Å². The standard InChI is InChI=1S/C16H22N4O3/c1-2-22-16(21)18-15-10-13(8-9-14(15)19-20-17)23-11-12-6-4-3-5-7-12/h3-7,13-15H,2,8-11H2,1H3,(H,18,21)/t13-,14+,15+/m0/s1. The van der Waals surface area contributed by atoms with Crippen LogP contribution in [0.4, 0.5) is 4.79 Å². The fraction of sp³-hybridized carbons (Fsp3) is 0.562. The van der Waals surface area contributed by atoms with Gasteiger partial charge in [-0.2, -0.15) is 0 Å². The van der Waals surface area contributed by atoms with Gasteiger partial charge in [-0.15, -0.1) is 0 Å². The molecule has 1 saturated carbocycles. The van der Waals surface area contributed by atoms with Gasteiger partial charge in [0.1, 0.15) is 0 Å². The highest BCUT2D eigenvalue weighted by Gasteiger charge is 2.31. The number of hydrogen-bond acceptors (Lipinski definition) is 4. The molecular weight excluding hydrogens is 296 g/mol. The molecule has 1 aliphatic carbocycles. The highest BCUT2D eigenvalue weighted by atomic mass is 16.5. The van der Waals surface area contributed by atoms with E-state index in [9.17, 15) is 4.79 Å². The van der Waals surface area contributed by atoms with Gasteiger partial charge >= 0.3 is 6.09 Å². The van der Waals surface area contributed by atoms with Crippen molar-refractivity contribution in [3.8, 4) is 0 Å². The Morgan fingerprint density at radius 3 is 2.87 bits per heavy atom. The average molecular weight is 318 g/mol. The number of ether oxygens (including phenoxy) is 2. The Morgan fingerprint density at radius 1 is 1.39 bits per heavy atom. The molecule has 1 aromatic carbocycles. The van der Waals surface area contributed by atoms with Crippen LogP contribution in [-0.4, -0.2) is 30.9 Å². The van der Waals surface area contributed by atoms with Crippen LogP contribution in [0.1, 0.15) is 31.7 Å². The van der Waals surface area contributed by atoms with Gasteiger partial charge in [0.05, 0.1) is 25.4 Å². The van der Waals surface area contributed by atoms with E-state index < -0.39 is 6.09 Å². The predicted molar refractivity (Wildman–Crippen MR) is 85.7 cm³/mol. The Labute approximate surface area is 135 Å². The highest BCUT2D eigenvalue weighted by Crippen LogP contribution is 2.25. The van der Waals surface area contributed by atoms with E-state index in [2.05, 4.69) is 15.3 Å². The fourth-order valence-corrected chi connectivity index (χ4v) is 2.74. The molecule has 1 N–H and O–H groups in total. The van der Waals surface area contributed by atoms with Gasteiger partial charge in [-0.1, -0.05) is 35.4 Å². The molecule has 3 atom stereocenters. The smallest absolute Gasteiger partial charge is 0.407 e. The average Bonchev–Trinajstić information content (AvgIpc) is 2.56. The quantitative estimate of drug-likeness (QED) is 0.493. The second-order valence-corrected chi connectivity index (χ2v) is 5.48. The lowest BCUT2D eigenvalue weighted by Crippen LogP contribution is -2.48. The van der Waals surface area contributed by atoms with E-state index >= 15 is 0 Å². The molecule has 1 amide bonds. The zero-order valence-electron chi connectivity index (χ0n) is 13.2. The summed E-state index contributed by atoms with van der Waals surface area (Å²) < 4.78 is 10.9. The third kappa shape index (κ3) is 5.47. The van der Waals surface area contributed by atoms with Crippen LogP contribution in [0.3, 0.4) is 0 Å². The Hall–Kier alpha value is -2.24. The molecule has 7 heteroatoms. The Morgan fingerprint density at radius 2 is 2.17 bits per heavy atom. The summed E-state index contributed by atoms with van der Waals surface area (Å²) in [6.07, 6.45) is 1.62. The van der Waals surface area contributed by atoms with Crippen molar-refractivity contribution in [1.82, 2.24) is 5.32 Å². The lowest BCUT2D eigenvalue weighted by Gasteiger charge is -2.33. The number of nitrogens with zero attached hydrogens (tertiary/aromatic N) is 3. The summed E-state index contributed by atoms with van der Waals surface area (Å²) in [6.45, 7) is 2.58. The van der Waals surface area contributed by atoms with Crippen LogP contribution >= 0.6 is 0 Å². The second-order valence-electron chi connectivity index (χ2n) is 5.48. The van der Waals surface area contributed by atoms with Crippen LogP contribution in [0.15, 0.2) is 35.4 Å². The maximum atomic E-state index is 11.6. The Bertz CT molecular complexity index is 546.